The first-order chi connectivity index (χ1) is 16.5. The first-order valence-corrected chi connectivity index (χ1v) is 13.1. The summed E-state index contributed by atoms with van der Waals surface area (Å²) in [7, 11) is 1.23. The molecule has 0 radical (unpaired) electrons. The lowest BCUT2D eigenvalue weighted by molar-refractivity contribution is -0.144. The lowest BCUT2D eigenvalue weighted by atomic mass is 10.0. The normalized spacial score (nSPS) is 12.8. The van der Waals surface area contributed by atoms with Crippen LogP contribution in [0.3, 0.4) is 0 Å². The van der Waals surface area contributed by atoms with Gasteiger partial charge in [0, 0.05) is 6.54 Å². The number of carbonyl (C=O) groups excluding carboxylic acids is 4. The Bertz CT molecular complexity index is 854. The molecule has 2 unspecified atom stereocenters. The Labute approximate surface area is 212 Å². The third-order valence-electron chi connectivity index (χ3n) is 5.12. The fraction of sp³-hybridized carbons (Fsp3) is 0.600. The SMILES string of the molecule is CCc1ccc(C(C(=O)NCC(=O)OC)N(CC)C(=O)C(CCSC)NC(=O)OC(C)(C)C)cc1. The average Bonchev–Trinajstić information content (AvgIpc) is 2.81. The van der Waals surface area contributed by atoms with Crippen LogP contribution in [-0.4, -0.2) is 72.6 Å². The second-order valence-corrected chi connectivity index (χ2v) is 9.88. The Morgan fingerprint density at radius 1 is 1.09 bits per heavy atom. The molecule has 196 valence electrons. The molecule has 35 heavy (non-hydrogen) atoms. The van der Waals surface area contributed by atoms with Crippen molar-refractivity contribution in [3.05, 3.63) is 35.4 Å². The maximum absolute atomic E-state index is 13.7. The molecular weight excluding hydrogens is 470 g/mol. The van der Waals surface area contributed by atoms with E-state index in [-0.39, 0.29) is 13.1 Å². The maximum Gasteiger partial charge on any atom is 0.408 e. The zero-order valence-corrected chi connectivity index (χ0v) is 22.6. The number of methoxy groups -OCH3 is 1. The summed E-state index contributed by atoms with van der Waals surface area (Å²) in [5, 5.41) is 5.23. The number of carbonyl (C=O) groups is 4. The summed E-state index contributed by atoms with van der Waals surface area (Å²) in [4.78, 5) is 52.4. The van der Waals surface area contributed by atoms with E-state index in [0.29, 0.717) is 17.7 Å². The lowest BCUT2D eigenvalue weighted by Crippen LogP contribution is -2.53. The van der Waals surface area contributed by atoms with Crippen LogP contribution in [0.5, 0.6) is 0 Å². The van der Waals surface area contributed by atoms with Gasteiger partial charge < -0.3 is 25.0 Å². The number of esters is 1. The lowest BCUT2D eigenvalue weighted by Gasteiger charge is -2.33. The molecule has 0 aliphatic rings. The van der Waals surface area contributed by atoms with Crippen molar-refractivity contribution < 1.29 is 28.7 Å². The van der Waals surface area contributed by atoms with Gasteiger partial charge in [0.1, 0.15) is 24.2 Å². The molecule has 0 aliphatic heterocycles. The van der Waals surface area contributed by atoms with Crippen molar-refractivity contribution in [3.8, 4) is 0 Å². The summed E-state index contributed by atoms with van der Waals surface area (Å²) < 4.78 is 9.97. The van der Waals surface area contributed by atoms with Gasteiger partial charge in [-0.05, 0) is 63.7 Å². The minimum atomic E-state index is -1.000. The molecule has 0 saturated carbocycles. The van der Waals surface area contributed by atoms with Crippen LogP contribution < -0.4 is 10.6 Å². The Kier molecular flexibility index (Phi) is 12.6. The highest BCUT2D eigenvalue weighted by atomic mass is 32.2. The molecule has 2 N–H and O–H groups in total. The second-order valence-electron chi connectivity index (χ2n) is 8.90. The van der Waals surface area contributed by atoms with Gasteiger partial charge in [-0.2, -0.15) is 11.8 Å². The van der Waals surface area contributed by atoms with Crippen molar-refractivity contribution in [2.75, 3.05) is 32.2 Å². The van der Waals surface area contributed by atoms with Crippen LogP contribution >= 0.6 is 11.8 Å². The van der Waals surface area contributed by atoms with E-state index in [1.54, 1.807) is 51.6 Å². The van der Waals surface area contributed by atoms with E-state index in [2.05, 4.69) is 15.4 Å². The van der Waals surface area contributed by atoms with E-state index in [9.17, 15) is 19.2 Å². The Morgan fingerprint density at radius 2 is 1.71 bits per heavy atom. The average molecular weight is 510 g/mol. The first kappa shape index (κ1) is 30.3. The number of likely N-dealkylation sites (N-methyl/N-ethyl adjacent to an activating group) is 1. The van der Waals surface area contributed by atoms with Gasteiger partial charge in [0.05, 0.1) is 7.11 Å². The second kappa shape index (κ2) is 14.6. The highest BCUT2D eigenvalue weighted by molar-refractivity contribution is 7.98. The number of thioether (sulfide) groups is 1. The number of nitrogens with zero attached hydrogens (tertiary/aromatic N) is 1. The number of benzene rings is 1. The number of alkyl carbamates (subject to hydrolysis) is 1. The molecule has 1 aromatic rings. The third kappa shape index (κ3) is 10.2. The fourth-order valence-corrected chi connectivity index (χ4v) is 3.82. The third-order valence-corrected chi connectivity index (χ3v) is 5.77. The summed E-state index contributed by atoms with van der Waals surface area (Å²) in [6.45, 7) is 8.89. The van der Waals surface area contributed by atoms with Gasteiger partial charge in [-0.1, -0.05) is 31.2 Å². The Balaban J connectivity index is 3.31. The van der Waals surface area contributed by atoms with Crippen LogP contribution in [-0.2, 0) is 30.3 Å². The predicted octanol–water partition coefficient (Wildman–Crippen LogP) is 3.07. The van der Waals surface area contributed by atoms with Crippen LogP contribution in [0.1, 0.15) is 58.2 Å². The van der Waals surface area contributed by atoms with Crippen LogP contribution in [0.4, 0.5) is 4.79 Å². The first-order valence-electron chi connectivity index (χ1n) is 11.7. The van der Waals surface area contributed by atoms with Crippen molar-refractivity contribution in [2.45, 2.75) is 65.1 Å². The molecule has 0 fully saturated rings. The zero-order chi connectivity index (χ0) is 26.6. The van der Waals surface area contributed by atoms with E-state index in [0.717, 1.165) is 12.0 Å². The van der Waals surface area contributed by atoms with E-state index in [1.807, 2.05) is 25.3 Å². The number of rotatable bonds is 12. The summed E-state index contributed by atoms with van der Waals surface area (Å²) in [6.07, 6.45) is 2.39. The molecule has 0 spiro atoms. The number of ether oxygens (including phenoxy) is 2. The Hall–Kier alpha value is -2.75. The quantitative estimate of drug-likeness (QED) is 0.416. The molecule has 9 nitrogen and oxygen atoms in total. The summed E-state index contributed by atoms with van der Waals surface area (Å²) in [5.74, 6) is -0.910. The van der Waals surface area contributed by atoms with Gasteiger partial charge in [-0.25, -0.2) is 4.79 Å². The topological polar surface area (TPSA) is 114 Å². The molecule has 0 aliphatic carbocycles. The standard InChI is InChI=1S/C25H39N3O6S/c1-8-17-10-12-18(13-11-17)21(22(30)26-16-20(29)33-6)28(9-2)23(31)19(14-15-35-7)27-24(32)34-25(3,4)5/h10-13,19,21H,8-9,14-16H2,1-7H3,(H,26,30)(H,27,32). The smallest absolute Gasteiger partial charge is 0.408 e. The number of hydrogen-bond acceptors (Lipinski definition) is 7. The summed E-state index contributed by atoms with van der Waals surface area (Å²) in [6, 6.07) is 5.52. The molecule has 0 bridgehead atoms. The molecule has 1 aromatic carbocycles. The summed E-state index contributed by atoms with van der Waals surface area (Å²) in [5.41, 5.74) is 0.959. The minimum absolute atomic E-state index is 0.205. The zero-order valence-electron chi connectivity index (χ0n) is 21.8. The number of nitrogens with one attached hydrogen (secondary N) is 2. The predicted molar refractivity (Wildman–Crippen MR) is 137 cm³/mol. The molecule has 1 rings (SSSR count). The largest absolute Gasteiger partial charge is 0.468 e. The van der Waals surface area contributed by atoms with Crippen LogP contribution in [0, 0.1) is 0 Å². The molecule has 0 heterocycles. The number of hydrogen-bond donors (Lipinski definition) is 2. The summed E-state index contributed by atoms with van der Waals surface area (Å²) >= 11 is 1.54. The number of aryl methyl sites for hydroxylation is 1. The monoisotopic (exact) mass is 509 g/mol. The van der Waals surface area contributed by atoms with Gasteiger partial charge in [0.15, 0.2) is 0 Å². The van der Waals surface area contributed by atoms with E-state index in [4.69, 9.17) is 4.74 Å². The van der Waals surface area contributed by atoms with E-state index in [1.165, 1.54) is 12.0 Å². The van der Waals surface area contributed by atoms with Crippen LogP contribution in [0.25, 0.3) is 0 Å². The van der Waals surface area contributed by atoms with Crippen molar-refractivity contribution >= 4 is 35.6 Å². The Morgan fingerprint density at radius 3 is 2.20 bits per heavy atom. The van der Waals surface area contributed by atoms with Crippen LogP contribution in [0.2, 0.25) is 0 Å². The van der Waals surface area contributed by atoms with E-state index < -0.39 is 41.6 Å². The molecule has 10 heteroatoms. The minimum Gasteiger partial charge on any atom is -0.468 e. The van der Waals surface area contributed by atoms with Gasteiger partial charge in [0.2, 0.25) is 11.8 Å². The van der Waals surface area contributed by atoms with Crippen molar-refractivity contribution in [1.82, 2.24) is 15.5 Å². The maximum atomic E-state index is 13.7. The van der Waals surface area contributed by atoms with Crippen molar-refractivity contribution in [3.63, 3.8) is 0 Å². The van der Waals surface area contributed by atoms with Crippen LogP contribution in [0.15, 0.2) is 24.3 Å². The highest BCUT2D eigenvalue weighted by Crippen LogP contribution is 2.24. The molecule has 0 aromatic heterocycles. The molecule has 3 amide bonds. The fourth-order valence-electron chi connectivity index (χ4n) is 3.35. The molecule has 0 saturated heterocycles. The molecular formula is C25H39N3O6S. The van der Waals surface area contributed by atoms with Gasteiger partial charge >= 0.3 is 12.1 Å². The van der Waals surface area contributed by atoms with Gasteiger partial charge in [-0.15, -0.1) is 0 Å². The van der Waals surface area contributed by atoms with Crippen molar-refractivity contribution in [1.29, 1.82) is 0 Å². The highest BCUT2D eigenvalue weighted by Gasteiger charge is 2.35. The van der Waals surface area contributed by atoms with Crippen molar-refractivity contribution in [2.24, 2.45) is 0 Å². The number of amides is 3. The van der Waals surface area contributed by atoms with Gasteiger partial charge in [0.25, 0.3) is 0 Å². The van der Waals surface area contributed by atoms with E-state index >= 15 is 0 Å². The van der Waals surface area contributed by atoms with Gasteiger partial charge in [-0.3, -0.25) is 14.4 Å². The molecule has 2 atom stereocenters.